The Morgan fingerprint density at radius 2 is 2.15 bits per heavy atom. The Bertz CT molecular complexity index is 414. The number of amides is 1. The van der Waals surface area contributed by atoms with E-state index in [0.717, 1.165) is 0 Å². The molecule has 0 aliphatic carbocycles. The Kier molecular flexibility index (Phi) is 9.38. The molecule has 0 aliphatic rings. The zero-order valence-electron chi connectivity index (χ0n) is 11.8. The summed E-state index contributed by atoms with van der Waals surface area (Å²) in [5.41, 5.74) is 5.60. The quantitative estimate of drug-likeness (QED) is 0.812. The van der Waals surface area contributed by atoms with E-state index in [1.54, 1.807) is 12.1 Å². The molecule has 1 aromatic rings. The summed E-state index contributed by atoms with van der Waals surface area (Å²) >= 11 is 5.87. The van der Waals surface area contributed by atoms with Crippen LogP contribution in [0.4, 0.5) is 0 Å². The fourth-order valence-corrected chi connectivity index (χ4v) is 1.70. The van der Waals surface area contributed by atoms with Crippen LogP contribution in [0.15, 0.2) is 24.3 Å². The van der Waals surface area contributed by atoms with Crippen LogP contribution in [-0.2, 0) is 4.79 Å². The number of nitrogens with two attached hydrogens (primary N) is 1. The van der Waals surface area contributed by atoms with Crippen LogP contribution >= 0.6 is 24.0 Å². The van der Waals surface area contributed by atoms with E-state index in [9.17, 15) is 4.79 Å². The zero-order valence-corrected chi connectivity index (χ0v) is 13.3. The molecule has 1 amide bonds. The SMILES string of the molecule is CC(N)CCC(=O)NCC(C)Oc1cccc(Cl)c1.Cl. The Morgan fingerprint density at radius 1 is 1.45 bits per heavy atom. The summed E-state index contributed by atoms with van der Waals surface area (Å²) in [6, 6.07) is 7.24. The van der Waals surface area contributed by atoms with Crippen molar-refractivity contribution in [3.8, 4) is 5.75 Å². The molecular formula is C14H22Cl2N2O2. The van der Waals surface area contributed by atoms with Crippen LogP contribution < -0.4 is 15.8 Å². The molecule has 0 fully saturated rings. The molecule has 6 heteroatoms. The van der Waals surface area contributed by atoms with Crippen molar-refractivity contribution in [1.82, 2.24) is 5.32 Å². The summed E-state index contributed by atoms with van der Waals surface area (Å²) in [5.74, 6) is 0.698. The van der Waals surface area contributed by atoms with Crippen molar-refractivity contribution in [3.05, 3.63) is 29.3 Å². The van der Waals surface area contributed by atoms with Crippen molar-refractivity contribution in [3.63, 3.8) is 0 Å². The first kappa shape index (κ1) is 19.0. The predicted molar refractivity (Wildman–Crippen MR) is 84.7 cm³/mol. The minimum absolute atomic E-state index is 0. The average Bonchev–Trinajstić information content (AvgIpc) is 2.34. The van der Waals surface area contributed by atoms with E-state index < -0.39 is 0 Å². The first-order valence-electron chi connectivity index (χ1n) is 6.42. The number of benzene rings is 1. The number of hydrogen-bond donors (Lipinski definition) is 2. The van der Waals surface area contributed by atoms with Crippen molar-refractivity contribution in [2.75, 3.05) is 6.54 Å². The molecule has 2 atom stereocenters. The van der Waals surface area contributed by atoms with Gasteiger partial charge >= 0.3 is 0 Å². The van der Waals surface area contributed by atoms with Crippen LogP contribution in [0.1, 0.15) is 26.7 Å². The van der Waals surface area contributed by atoms with E-state index in [1.165, 1.54) is 0 Å². The normalized spacial score (nSPS) is 13.0. The molecule has 0 bridgehead atoms. The van der Waals surface area contributed by atoms with Crippen LogP contribution in [-0.4, -0.2) is 24.6 Å². The molecule has 0 radical (unpaired) electrons. The minimum atomic E-state index is -0.113. The average molecular weight is 321 g/mol. The number of ether oxygens (including phenoxy) is 1. The lowest BCUT2D eigenvalue weighted by Crippen LogP contribution is -2.34. The highest BCUT2D eigenvalue weighted by Crippen LogP contribution is 2.18. The molecule has 1 aromatic carbocycles. The summed E-state index contributed by atoms with van der Waals surface area (Å²) in [5, 5.41) is 3.45. The number of carbonyl (C=O) groups excluding carboxylic acids is 1. The molecule has 0 heterocycles. The molecular weight excluding hydrogens is 299 g/mol. The highest BCUT2D eigenvalue weighted by molar-refractivity contribution is 6.30. The van der Waals surface area contributed by atoms with Crippen LogP contribution in [0.3, 0.4) is 0 Å². The molecule has 4 nitrogen and oxygen atoms in total. The Labute approximate surface area is 131 Å². The number of halogens is 2. The second kappa shape index (κ2) is 9.86. The molecule has 114 valence electrons. The van der Waals surface area contributed by atoms with Crippen molar-refractivity contribution < 1.29 is 9.53 Å². The zero-order chi connectivity index (χ0) is 14.3. The van der Waals surface area contributed by atoms with Crippen LogP contribution in [0.2, 0.25) is 5.02 Å². The maximum absolute atomic E-state index is 11.5. The van der Waals surface area contributed by atoms with Gasteiger partial charge in [-0.1, -0.05) is 17.7 Å². The van der Waals surface area contributed by atoms with Gasteiger partial charge in [-0.25, -0.2) is 0 Å². The molecule has 0 saturated heterocycles. The fourth-order valence-electron chi connectivity index (χ4n) is 1.52. The van der Waals surface area contributed by atoms with E-state index in [4.69, 9.17) is 22.1 Å². The Morgan fingerprint density at radius 3 is 2.75 bits per heavy atom. The van der Waals surface area contributed by atoms with E-state index in [0.29, 0.717) is 30.2 Å². The lowest BCUT2D eigenvalue weighted by Gasteiger charge is -2.15. The van der Waals surface area contributed by atoms with Gasteiger partial charge in [-0.15, -0.1) is 12.4 Å². The summed E-state index contributed by atoms with van der Waals surface area (Å²) in [6.07, 6.45) is 1.02. The first-order chi connectivity index (χ1) is 8.97. The number of hydrogen-bond acceptors (Lipinski definition) is 3. The van der Waals surface area contributed by atoms with Gasteiger partial charge in [-0.05, 0) is 38.5 Å². The highest BCUT2D eigenvalue weighted by atomic mass is 35.5. The summed E-state index contributed by atoms with van der Waals surface area (Å²) in [6.45, 7) is 4.25. The monoisotopic (exact) mass is 320 g/mol. The molecule has 3 N–H and O–H groups in total. The maximum Gasteiger partial charge on any atom is 0.220 e. The number of carbonyl (C=O) groups is 1. The third-order valence-corrected chi connectivity index (χ3v) is 2.78. The van der Waals surface area contributed by atoms with Crippen LogP contribution in [0.5, 0.6) is 5.75 Å². The number of rotatable bonds is 7. The lowest BCUT2D eigenvalue weighted by molar-refractivity contribution is -0.121. The lowest BCUT2D eigenvalue weighted by atomic mass is 10.2. The van der Waals surface area contributed by atoms with Gasteiger partial charge in [-0.2, -0.15) is 0 Å². The fraction of sp³-hybridized carbons (Fsp3) is 0.500. The second-order valence-corrected chi connectivity index (χ2v) is 5.14. The van der Waals surface area contributed by atoms with Crippen molar-refractivity contribution >= 4 is 29.9 Å². The largest absolute Gasteiger partial charge is 0.489 e. The summed E-state index contributed by atoms with van der Waals surface area (Å²) < 4.78 is 5.65. The van der Waals surface area contributed by atoms with E-state index in [2.05, 4.69) is 5.32 Å². The Balaban J connectivity index is 0.00000361. The van der Waals surface area contributed by atoms with Gasteiger partial charge in [-0.3, -0.25) is 4.79 Å². The molecule has 0 saturated carbocycles. The first-order valence-corrected chi connectivity index (χ1v) is 6.79. The standard InChI is InChI=1S/C14H21ClN2O2.ClH/c1-10(16)6-7-14(18)17-9-11(2)19-13-5-3-4-12(15)8-13;/h3-5,8,10-11H,6-7,9,16H2,1-2H3,(H,17,18);1H. The molecule has 1 rings (SSSR count). The molecule has 0 aromatic heterocycles. The van der Waals surface area contributed by atoms with Crippen LogP contribution in [0, 0.1) is 0 Å². The van der Waals surface area contributed by atoms with Crippen molar-refractivity contribution in [2.45, 2.75) is 38.8 Å². The maximum atomic E-state index is 11.5. The van der Waals surface area contributed by atoms with Gasteiger partial charge in [0.1, 0.15) is 11.9 Å². The van der Waals surface area contributed by atoms with Gasteiger partial charge in [0.2, 0.25) is 5.91 Å². The third kappa shape index (κ3) is 8.25. The Hall–Kier alpha value is -0.970. The van der Waals surface area contributed by atoms with Gasteiger partial charge in [0.15, 0.2) is 0 Å². The molecule has 0 spiro atoms. The highest BCUT2D eigenvalue weighted by Gasteiger charge is 2.08. The van der Waals surface area contributed by atoms with Gasteiger partial charge < -0.3 is 15.8 Å². The molecule has 20 heavy (non-hydrogen) atoms. The number of nitrogens with one attached hydrogen (secondary N) is 1. The second-order valence-electron chi connectivity index (χ2n) is 4.71. The topological polar surface area (TPSA) is 64.4 Å². The van der Waals surface area contributed by atoms with Crippen LogP contribution in [0.25, 0.3) is 0 Å². The molecule has 2 unspecified atom stereocenters. The smallest absolute Gasteiger partial charge is 0.220 e. The predicted octanol–water partition coefficient (Wildman–Crippen LogP) is 2.77. The van der Waals surface area contributed by atoms with Gasteiger partial charge in [0, 0.05) is 17.5 Å². The van der Waals surface area contributed by atoms with Gasteiger partial charge in [0.25, 0.3) is 0 Å². The summed E-state index contributed by atoms with van der Waals surface area (Å²) in [7, 11) is 0. The molecule has 0 aliphatic heterocycles. The van der Waals surface area contributed by atoms with Gasteiger partial charge in [0.05, 0.1) is 6.54 Å². The minimum Gasteiger partial charge on any atom is -0.489 e. The van der Waals surface area contributed by atoms with Crippen molar-refractivity contribution in [1.29, 1.82) is 0 Å². The third-order valence-electron chi connectivity index (χ3n) is 2.55. The van der Waals surface area contributed by atoms with Crippen molar-refractivity contribution in [2.24, 2.45) is 5.73 Å². The van der Waals surface area contributed by atoms with E-state index in [1.807, 2.05) is 26.0 Å². The summed E-state index contributed by atoms with van der Waals surface area (Å²) in [4.78, 5) is 11.5. The van der Waals surface area contributed by atoms with E-state index in [-0.39, 0.29) is 30.5 Å². The van der Waals surface area contributed by atoms with E-state index >= 15 is 0 Å².